The van der Waals surface area contributed by atoms with Crippen molar-refractivity contribution >= 4 is 33.3 Å². The first-order valence-electron chi connectivity index (χ1n) is 6.00. The van der Waals surface area contributed by atoms with E-state index in [0.717, 1.165) is 22.1 Å². The third kappa shape index (κ3) is 3.10. The van der Waals surface area contributed by atoms with Crippen LogP contribution in [0.25, 0.3) is 0 Å². The summed E-state index contributed by atoms with van der Waals surface area (Å²) in [5, 5.41) is 3.92. The lowest BCUT2D eigenvalue weighted by atomic mass is 9.79. The number of nitrogens with one attached hydrogen (secondary N) is 1. The smallest absolute Gasteiger partial charge is 0.148 e. The first kappa shape index (κ1) is 13.1. The van der Waals surface area contributed by atoms with Crippen molar-refractivity contribution in [3.05, 3.63) is 16.0 Å². The van der Waals surface area contributed by atoms with E-state index in [4.69, 9.17) is 11.6 Å². The summed E-state index contributed by atoms with van der Waals surface area (Å²) in [6, 6.07) is 0.489. The van der Waals surface area contributed by atoms with Crippen LogP contribution in [-0.4, -0.2) is 16.0 Å². The molecule has 2 rings (SSSR count). The van der Waals surface area contributed by atoms with Gasteiger partial charge in [0.05, 0.1) is 4.47 Å². The standard InChI is InChI=1S/C12H17BrClN3/c1-7-3-4-9(5-8(7)2)17-12-10(13)11(14)15-6-16-12/h6-9H,3-5H2,1-2H3,(H,15,16,17). The second-order valence-corrected chi connectivity index (χ2v) is 6.09. The topological polar surface area (TPSA) is 37.8 Å². The van der Waals surface area contributed by atoms with Crippen LogP contribution in [0.15, 0.2) is 10.8 Å². The van der Waals surface area contributed by atoms with Crippen LogP contribution in [0.3, 0.4) is 0 Å². The molecule has 1 aliphatic rings. The van der Waals surface area contributed by atoms with Crippen molar-refractivity contribution in [3.63, 3.8) is 0 Å². The van der Waals surface area contributed by atoms with Gasteiger partial charge in [-0.25, -0.2) is 9.97 Å². The Morgan fingerprint density at radius 1 is 1.29 bits per heavy atom. The molecule has 17 heavy (non-hydrogen) atoms. The van der Waals surface area contributed by atoms with E-state index in [9.17, 15) is 0 Å². The highest BCUT2D eigenvalue weighted by Crippen LogP contribution is 2.33. The fourth-order valence-electron chi connectivity index (χ4n) is 2.32. The first-order chi connectivity index (χ1) is 8.08. The molecule has 0 spiro atoms. The van der Waals surface area contributed by atoms with Gasteiger partial charge in [0.25, 0.3) is 0 Å². The highest BCUT2D eigenvalue weighted by Gasteiger charge is 2.25. The minimum Gasteiger partial charge on any atom is -0.366 e. The summed E-state index contributed by atoms with van der Waals surface area (Å²) in [5.74, 6) is 2.39. The second kappa shape index (κ2) is 5.53. The van der Waals surface area contributed by atoms with Crippen LogP contribution in [0, 0.1) is 11.8 Å². The molecule has 1 aromatic heterocycles. The average Bonchev–Trinajstić information content (AvgIpc) is 2.30. The molecule has 0 saturated heterocycles. The second-order valence-electron chi connectivity index (χ2n) is 4.94. The Bertz CT molecular complexity index is 399. The lowest BCUT2D eigenvalue weighted by Crippen LogP contribution is -2.30. The van der Waals surface area contributed by atoms with Crippen LogP contribution in [-0.2, 0) is 0 Å². The molecule has 3 unspecified atom stereocenters. The molecule has 0 radical (unpaired) electrons. The number of hydrogen-bond acceptors (Lipinski definition) is 3. The molecule has 1 heterocycles. The summed E-state index contributed by atoms with van der Waals surface area (Å²) in [6.07, 6.45) is 5.15. The van der Waals surface area contributed by atoms with Crippen molar-refractivity contribution in [2.45, 2.75) is 39.2 Å². The number of nitrogens with zero attached hydrogens (tertiary/aromatic N) is 2. The molecule has 3 atom stereocenters. The molecule has 5 heteroatoms. The molecule has 94 valence electrons. The van der Waals surface area contributed by atoms with Gasteiger partial charge in [0, 0.05) is 6.04 Å². The van der Waals surface area contributed by atoms with Crippen LogP contribution < -0.4 is 5.32 Å². The van der Waals surface area contributed by atoms with E-state index >= 15 is 0 Å². The van der Waals surface area contributed by atoms with Gasteiger partial charge in [0.1, 0.15) is 17.3 Å². The summed E-state index contributed by atoms with van der Waals surface area (Å²) >= 11 is 9.36. The van der Waals surface area contributed by atoms with E-state index in [0.29, 0.717) is 11.2 Å². The van der Waals surface area contributed by atoms with Crippen molar-refractivity contribution in [3.8, 4) is 0 Å². The Labute approximate surface area is 116 Å². The zero-order valence-electron chi connectivity index (χ0n) is 10.1. The van der Waals surface area contributed by atoms with Crippen LogP contribution in [0.2, 0.25) is 5.15 Å². The van der Waals surface area contributed by atoms with Gasteiger partial charge in [-0.2, -0.15) is 0 Å². The third-order valence-corrected chi connectivity index (χ3v) is 4.95. The van der Waals surface area contributed by atoms with Gasteiger partial charge in [-0.15, -0.1) is 0 Å². The van der Waals surface area contributed by atoms with Crippen LogP contribution in [0.5, 0.6) is 0 Å². The summed E-state index contributed by atoms with van der Waals surface area (Å²) in [5.41, 5.74) is 0. The lowest BCUT2D eigenvalue weighted by molar-refractivity contribution is 0.260. The average molecular weight is 319 g/mol. The fourth-order valence-corrected chi connectivity index (χ4v) is 2.77. The van der Waals surface area contributed by atoms with Gasteiger partial charge in [-0.3, -0.25) is 0 Å². The van der Waals surface area contributed by atoms with Gasteiger partial charge in [0.2, 0.25) is 0 Å². The van der Waals surface area contributed by atoms with Gasteiger partial charge >= 0.3 is 0 Å². The molecular formula is C12H17BrClN3. The minimum atomic E-state index is 0.458. The summed E-state index contributed by atoms with van der Waals surface area (Å²) in [7, 11) is 0. The quantitative estimate of drug-likeness (QED) is 0.833. The predicted octanol–water partition coefficient (Wildman–Crippen LogP) is 4.13. The number of halogens is 2. The molecule has 0 aliphatic heterocycles. The zero-order valence-corrected chi connectivity index (χ0v) is 12.4. The van der Waals surface area contributed by atoms with Crippen molar-refractivity contribution in [1.29, 1.82) is 0 Å². The molecular weight excluding hydrogens is 302 g/mol. The maximum absolute atomic E-state index is 5.95. The van der Waals surface area contributed by atoms with Crippen LogP contribution >= 0.6 is 27.5 Å². The van der Waals surface area contributed by atoms with E-state index in [1.165, 1.54) is 25.6 Å². The van der Waals surface area contributed by atoms with Crippen LogP contribution in [0.4, 0.5) is 5.82 Å². The maximum atomic E-state index is 5.95. The van der Waals surface area contributed by atoms with E-state index in [1.807, 2.05) is 0 Å². The first-order valence-corrected chi connectivity index (χ1v) is 7.17. The Morgan fingerprint density at radius 2 is 2.06 bits per heavy atom. The number of rotatable bonds is 2. The molecule has 3 nitrogen and oxygen atoms in total. The van der Waals surface area contributed by atoms with E-state index < -0.39 is 0 Å². The highest BCUT2D eigenvalue weighted by atomic mass is 79.9. The van der Waals surface area contributed by atoms with Gasteiger partial charge in [0.15, 0.2) is 0 Å². The van der Waals surface area contributed by atoms with Gasteiger partial charge in [-0.1, -0.05) is 25.4 Å². The number of aromatic nitrogens is 2. The van der Waals surface area contributed by atoms with Crippen molar-refractivity contribution in [1.82, 2.24) is 9.97 Å². The normalized spacial score (nSPS) is 29.1. The van der Waals surface area contributed by atoms with E-state index in [-0.39, 0.29) is 0 Å². The monoisotopic (exact) mass is 317 g/mol. The van der Waals surface area contributed by atoms with Crippen LogP contribution in [0.1, 0.15) is 33.1 Å². The molecule has 1 aromatic rings. The van der Waals surface area contributed by atoms with E-state index in [1.54, 1.807) is 0 Å². The van der Waals surface area contributed by atoms with Gasteiger partial charge in [-0.05, 0) is 47.0 Å². The van der Waals surface area contributed by atoms with Crippen molar-refractivity contribution < 1.29 is 0 Å². The lowest BCUT2D eigenvalue weighted by Gasteiger charge is -2.32. The minimum absolute atomic E-state index is 0.458. The number of anilines is 1. The molecule has 1 fully saturated rings. The largest absolute Gasteiger partial charge is 0.366 e. The Kier molecular flexibility index (Phi) is 4.26. The number of hydrogen-bond donors (Lipinski definition) is 1. The highest BCUT2D eigenvalue weighted by molar-refractivity contribution is 9.10. The summed E-state index contributed by atoms with van der Waals surface area (Å²) in [6.45, 7) is 4.65. The fraction of sp³-hybridized carbons (Fsp3) is 0.667. The summed E-state index contributed by atoms with van der Waals surface area (Å²) < 4.78 is 0.757. The molecule has 0 aromatic carbocycles. The van der Waals surface area contributed by atoms with Crippen molar-refractivity contribution in [2.24, 2.45) is 11.8 Å². The van der Waals surface area contributed by atoms with Gasteiger partial charge < -0.3 is 5.32 Å². The Balaban J connectivity index is 2.04. The SMILES string of the molecule is CC1CCC(Nc2ncnc(Cl)c2Br)CC1C. The van der Waals surface area contributed by atoms with E-state index in [2.05, 4.69) is 45.1 Å². The predicted molar refractivity (Wildman–Crippen MR) is 74.3 cm³/mol. The Hall–Kier alpha value is -0.350. The summed E-state index contributed by atoms with van der Waals surface area (Å²) in [4.78, 5) is 8.15. The zero-order chi connectivity index (χ0) is 12.4. The van der Waals surface area contributed by atoms with Crippen molar-refractivity contribution in [2.75, 3.05) is 5.32 Å². The molecule has 0 bridgehead atoms. The Morgan fingerprint density at radius 3 is 2.76 bits per heavy atom. The molecule has 1 aliphatic carbocycles. The molecule has 1 N–H and O–H groups in total. The third-order valence-electron chi connectivity index (χ3n) is 3.69. The molecule has 1 saturated carbocycles. The maximum Gasteiger partial charge on any atom is 0.148 e. The molecule has 0 amide bonds.